The molecule has 0 aliphatic heterocycles. The lowest BCUT2D eigenvalue weighted by atomic mass is 10.1. The van der Waals surface area contributed by atoms with E-state index in [-0.39, 0.29) is 11.8 Å². The van der Waals surface area contributed by atoms with Gasteiger partial charge in [0.15, 0.2) is 0 Å². The summed E-state index contributed by atoms with van der Waals surface area (Å²) in [6.07, 6.45) is 2.72. The van der Waals surface area contributed by atoms with Crippen molar-refractivity contribution in [2.24, 2.45) is 5.92 Å². The summed E-state index contributed by atoms with van der Waals surface area (Å²) in [6, 6.07) is 5.26. The number of rotatable bonds is 6. The molecule has 5 heteroatoms. The number of nitrogens with one attached hydrogen (secondary N) is 1. The fraction of sp³-hybridized carbons (Fsp3) is 0.467. The molecule has 2 rings (SSSR count). The largest absolute Gasteiger partial charge is 0.480 e. The van der Waals surface area contributed by atoms with Gasteiger partial charge >= 0.3 is 5.97 Å². The number of carbonyl (C=O) groups is 2. The zero-order valence-electron chi connectivity index (χ0n) is 11.4. The average Bonchev–Trinajstić information content (AvgIpc) is 3.21. The van der Waals surface area contributed by atoms with Crippen molar-refractivity contribution in [3.05, 3.63) is 33.8 Å². The molecule has 108 valence electrons. The molecule has 0 spiro atoms. The Morgan fingerprint density at radius 1 is 1.45 bits per heavy atom. The molecule has 1 unspecified atom stereocenters. The van der Waals surface area contributed by atoms with Crippen LogP contribution in [0.1, 0.15) is 30.4 Å². The Balaban J connectivity index is 1.85. The molecule has 2 N–H and O–H groups in total. The van der Waals surface area contributed by atoms with Crippen molar-refractivity contribution in [3.63, 3.8) is 0 Å². The monoisotopic (exact) mass is 339 g/mol. The van der Waals surface area contributed by atoms with E-state index in [1.54, 1.807) is 0 Å². The minimum Gasteiger partial charge on any atom is -0.480 e. The number of hydrogen-bond donors (Lipinski definition) is 2. The van der Waals surface area contributed by atoms with Gasteiger partial charge in [-0.1, -0.05) is 28.1 Å². The molecule has 4 nitrogen and oxygen atoms in total. The number of carbonyl (C=O) groups excluding carboxylic acids is 1. The molecule has 1 fully saturated rings. The Morgan fingerprint density at radius 3 is 2.70 bits per heavy atom. The highest BCUT2D eigenvalue weighted by Crippen LogP contribution is 2.32. The summed E-state index contributed by atoms with van der Waals surface area (Å²) in [6.45, 7) is 2.00. The van der Waals surface area contributed by atoms with E-state index in [1.165, 1.54) is 0 Å². The Kier molecular flexibility index (Phi) is 4.81. The normalized spacial score (nSPS) is 15.7. The zero-order valence-corrected chi connectivity index (χ0v) is 12.9. The van der Waals surface area contributed by atoms with Crippen molar-refractivity contribution < 1.29 is 14.7 Å². The lowest BCUT2D eigenvalue weighted by Gasteiger charge is -2.13. The maximum absolute atomic E-state index is 11.8. The van der Waals surface area contributed by atoms with E-state index in [2.05, 4.69) is 21.2 Å². The Labute approximate surface area is 126 Å². The first-order valence-corrected chi connectivity index (χ1v) is 7.54. The van der Waals surface area contributed by atoms with Crippen LogP contribution in [0.2, 0.25) is 0 Å². The number of halogens is 1. The third-order valence-corrected chi connectivity index (χ3v) is 4.43. The first kappa shape index (κ1) is 15.0. The van der Waals surface area contributed by atoms with Gasteiger partial charge in [-0.3, -0.25) is 4.79 Å². The van der Waals surface area contributed by atoms with Crippen LogP contribution in [0, 0.1) is 12.8 Å². The number of amides is 1. The van der Waals surface area contributed by atoms with Crippen molar-refractivity contribution in [2.45, 2.75) is 38.6 Å². The lowest BCUT2D eigenvalue weighted by molar-refractivity contribution is -0.142. The smallest absolute Gasteiger partial charge is 0.326 e. The van der Waals surface area contributed by atoms with E-state index in [9.17, 15) is 9.59 Å². The second-order valence-corrected chi connectivity index (χ2v) is 6.16. The first-order chi connectivity index (χ1) is 9.47. The number of aliphatic carboxylic acids is 1. The topological polar surface area (TPSA) is 66.4 Å². The molecule has 0 saturated heterocycles. The van der Waals surface area contributed by atoms with Crippen LogP contribution in [-0.2, 0) is 16.0 Å². The van der Waals surface area contributed by atoms with Crippen LogP contribution in [0.25, 0.3) is 0 Å². The summed E-state index contributed by atoms with van der Waals surface area (Å²) >= 11 is 3.44. The summed E-state index contributed by atoms with van der Waals surface area (Å²) in [5.41, 5.74) is 2.21. The van der Waals surface area contributed by atoms with Gasteiger partial charge in [0.2, 0.25) is 5.91 Å². The molecule has 1 aromatic rings. The van der Waals surface area contributed by atoms with Crippen LogP contribution in [-0.4, -0.2) is 23.0 Å². The van der Waals surface area contributed by atoms with Gasteiger partial charge in [0, 0.05) is 10.9 Å². The molecule has 0 bridgehead atoms. The first-order valence-electron chi connectivity index (χ1n) is 6.74. The summed E-state index contributed by atoms with van der Waals surface area (Å²) in [4.78, 5) is 22.9. The molecule has 0 heterocycles. The predicted molar refractivity (Wildman–Crippen MR) is 79.5 cm³/mol. The zero-order chi connectivity index (χ0) is 14.7. The SMILES string of the molecule is Cc1cc(CCC(=O)NC(C(=O)O)C2CC2)ccc1Br. The average molecular weight is 340 g/mol. The Morgan fingerprint density at radius 2 is 2.15 bits per heavy atom. The van der Waals surface area contributed by atoms with E-state index in [1.807, 2.05) is 25.1 Å². The highest BCUT2D eigenvalue weighted by molar-refractivity contribution is 9.10. The molecular weight excluding hydrogens is 322 g/mol. The molecule has 1 amide bonds. The van der Waals surface area contributed by atoms with Crippen molar-refractivity contribution in [3.8, 4) is 0 Å². The van der Waals surface area contributed by atoms with E-state index in [4.69, 9.17) is 5.11 Å². The quantitative estimate of drug-likeness (QED) is 0.837. The number of carboxylic acids is 1. The summed E-state index contributed by atoms with van der Waals surface area (Å²) in [7, 11) is 0. The van der Waals surface area contributed by atoms with Gasteiger partial charge in [-0.15, -0.1) is 0 Å². The molecule has 1 aliphatic rings. The maximum Gasteiger partial charge on any atom is 0.326 e. The van der Waals surface area contributed by atoms with Gasteiger partial charge in [-0.05, 0) is 49.3 Å². The van der Waals surface area contributed by atoms with Crippen LogP contribution in [0.15, 0.2) is 22.7 Å². The Hall–Kier alpha value is -1.36. The Bertz CT molecular complexity index is 526. The molecule has 0 aromatic heterocycles. The van der Waals surface area contributed by atoms with Crippen molar-refractivity contribution in [2.75, 3.05) is 0 Å². The highest BCUT2D eigenvalue weighted by Gasteiger charge is 2.37. The minimum atomic E-state index is -0.930. The third-order valence-electron chi connectivity index (χ3n) is 3.54. The van der Waals surface area contributed by atoms with Gasteiger partial charge < -0.3 is 10.4 Å². The minimum absolute atomic E-state index is 0.117. The van der Waals surface area contributed by atoms with Crippen LogP contribution in [0.5, 0.6) is 0 Å². The number of carboxylic acid groups (broad SMARTS) is 1. The highest BCUT2D eigenvalue weighted by atomic mass is 79.9. The van der Waals surface area contributed by atoms with Crippen molar-refractivity contribution in [1.29, 1.82) is 0 Å². The van der Waals surface area contributed by atoms with Gasteiger partial charge in [-0.25, -0.2) is 4.79 Å². The summed E-state index contributed by atoms with van der Waals surface area (Å²) in [5, 5.41) is 11.7. The van der Waals surface area contributed by atoms with Gasteiger partial charge in [0.25, 0.3) is 0 Å². The molecule has 20 heavy (non-hydrogen) atoms. The van der Waals surface area contributed by atoms with E-state index < -0.39 is 12.0 Å². The van der Waals surface area contributed by atoms with E-state index >= 15 is 0 Å². The van der Waals surface area contributed by atoms with Gasteiger partial charge in [0.05, 0.1) is 0 Å². The fourth-order valence-electron chi connectivity index (χ4n) is 2.18. The van der Waals surface area contributed by atoms with Gasteiger partial charge in [-0.2, -0.15) is 0 Å². The van der Waals surface area contributed by atoms with Gasteiger partial charge in [0.1, 0.15) is 6.04 Å². The predicted octanol–water partition coefficient (Wildman–Crippen LogP) is 2.67. The molecule has 1 atom stereocenters. The third kappa shape index (κ3) is 4.07. The van der Waals surface area contributed by atoms with Crippen LogP contribution in [0.4, 0.5) is 0 Å². The second kappa shape index (κ2) is 6.39. The number of benzene rings is 1. The lowest BCUT2D eigenvalue weighted by Crippen LogP contribution is -2.42. The van der Waals surface area contributed by atoms with Crippen LogP contribution >= 0.6 is 15.9 Å². The number of aryl methyl sites for hydroxylation is 2. The molecule has 0 radical (unpaired) electrons. The molecule has 1 aliphatic carbocycles. The van der Waals surface area contributed by atoms with Crippen molar-refractivity contribution >= 4 is 27.8 Å². The van der Waals surface area contributed by atoms with Crippen molar-refractivity contribution in [1.82, 2.24) is 5.32 Å². The van der Waals surface area contributed by atoms with Crippen LogP contribution in [0.3, 0.4) is 0 Å². The van der Waals surface area contributed by atoms with Crippen LogP contribution < -0.4 is 5.32 Å². The maximum atomic E-state index is 11.8. The molecule has 1 aromatic carbocycles. The summed E-state index contributed by atoms with van der Waals surface area (Å²) in [5.74, 6) is -1.00. The molecule has 1 saturated carbocycles. The number of hydrogen-bond acceptors (Lipinski definition) is 2. The second-order valence-electron chi connectivity index (χ2n) is 5.30. The summed E-state index contributed by atoms with van der Waals surface area (Å²) < 4.78 is 1.05. The molecular formula is C15H18BrNO3. The fourth-order valence-corrected chi connectivity index (χ4v) is 2.42. The van der Waals surface area contributed by atoms with E-state index in [0.29, 0.717) is 12.8 Å². The van der Waals surface area contributed by atoms with E-state index in [0.717, 1.165) is 28.4 Å². The standard InChI is InChI=1S/C15H18BrNO3/c1-9-8-10(2-6-12(9)16)3-7-13(18)17-14(15(19)20)11-4-5-11/h2,6,8,11,14H,3-5,7H2,1H3,(H,17,18)(H,19,20).